The maximum Gasteiger partial charge on any atom is 0.312 e. The minimum absolute atomic E-state index is 0.0634. The van der Waals surface area contributed by atoms with Gasteiger partial charge in [-0.2, -0.15) is 0 Å². The Balaban J connectivity index is 0.000000713. The molecule has 1 aliphatic rings. The van der Waals surface area contributed by atoms with E-state index >= 15 is 0 Å². The summed E-state index contributed by atoms with van der Waals surface area (Å²) in [5, 5.41) is 40.6. The number of anilines is 3. The number of unbranched alkanes of at least 4 members (excludes halogenated alkanes) is 5. The van der Waals surface area contributed by atoms with E-state index in [1.54, 1.807) is 177 Å². The molecule has 0 fully saturated rings. The summed E-state index contributed by atoms with van der Waals surface area (Å²) in [6, 6.07) is 12.5. The Hall–Kier alpha value is -12.4. The predicted octanol–water partition coefficient (Wildman–Crippen LogP) is 6.76. The zero-order valence-electron chi connectivity index (χ0n) is 83.1. The van der Waals surface area contributed by atoms with Gasteiger partial charge in [0.25, 0.3) is 11.8 Å². The number of nitrogens with zero attached hydrogens (tertiary/aromatic N) is 1. The number of urea groups is 3. The van der Waals surface area contributed by atoms with Crippen LogP contribution in [0, 0.1) is 34.0 Å². The van der Waals surface area contributed by atoms with Crippen molar-refractivity contribution >= 4 is 174 Å². The van der Waals surface area contributed by atoms with E-state index < -0.39 is 124 Å². The van der Waals surface area contributed by atoms with E-state index in [-0.39, 0.29) is 155 Å². The lowest BCUT2D eigenvalue weighted by molar-refractivity contribution is -0.155. The number of benzene rings is 3. The first-order chi connectivity index (χ1) is 65.7. The average molecular weight is 2140 g/mol. The lowest BCUT2D eigenvalue weighted by Crippen LogP contribution is -2.54. The van der Waals surface area contributed by atoms with Gasteiger partial charge in [0.2, 0.25) is 70.9 Å². The van der Waals surface area contributed by atoms with E-state index in [2.05, 4.69) is 95.7 Å². The van der Waals surface area contributed by atoms with Crippen LogP contribution in [0.5, 0.6) is 0 Å². The molecular formula is C96H147BrIN19O23. The standard InChI is InChI=1S/C35H51N7O9.C31H49BrN6O7.C30H47IN6O7/c1-22(2)30(41-26(43)11-7-6-8-18-37-27(44)20-42-28(45)16-17-29(42)46)32(48)40-25(10-9-19-38-34(36)50)31(47)39-24-14-12-23(13-15-24)21-51-33(49)35(3,4)5;1-20(2)26(38-24(39)11-7-6-8-16-34-25(40)18-32)28(42)37-23(10-9-17-35-30(33)44)27(41)36-22-14-12-21(13-15-22)19-45-29(43)31(3,4)5;1-19(2)25(37-23(38)10-6-7-15-33-24(39)17-31)27(41)36-22(9-8-16-34-29(32)43)26(40)35-21-13-11-20(12-14-21)18-44-28(42)30(3,4)5/h12-17,22,25,30H,6-11,18-21H2,1-5H3,(H,37,44)(H,39,47)(H,40,48)(H,41,43)(H3,36,38,50);12-15,20,23,26H,6-11,16-19H2,1-5H3,(H,34,40)(H,36,41)(H,37,42)(H,38,39)(H3,33,35,44);11-14,19,22,25H,6-10,15-18H2,1-5H3,(H,33,39)(H,35,40)(H,36,41)(H,37,38)(H3,32,34,43)/t25-,30-;23-,26-;22-,25-/m000/s1. The molecule has 0 aliphatic carbocycles. The highest BCUT2D eigenvalue weighted by Crippen LogP contribution is 2.23. The van der Waals surface area contributed by atoms with Gasteiger partial charge in [-0.3, -0.25) is 86.4 Å². The van der Waals surface area contributed by atoms with Crippen molar-refractivity contribution in [1.29, 1.82) is 0 Å². The van der Waals surface area contributed by atoms with Gasteiger partial charge in [-0.15, -0.1) is 0 Å². The van der Waals surface area contributed by atoms with Gasteiger partial charge in [0.1, 0.15) is 62.6 Å². The molecule has 0 unspecified atom stereocenters. The number of esters is 3. The first-order valence-corrected chi connectivity index (χ1v) is 49.5. The Kier molecular flexibility index (Phi) is 57.9. The van der Waals surface area contributed by atoms with Gasteiger partial charge in [0.15, 0.2) is 0 Å². The van der Waals surface area contributed by atoms with Gasteiger partial charge in [0, 0.05) is 87.7 Å². The number of amides is 20. The smallest absolute Gasteiger partial charge is 0.312 e. The highest BCUT2D eigenvalue weighted by atomic mass is 127. The zero-order chi connectivity index (χ0) is 105. The third-order valence-electron chi connectivity index (χ3n) is 20.6. The Labute approximate surface area is 841 Å². The molecule has 0 spiro atoms. The van der Waals surface area contributed by atoms with Crippen LogP contribution in [-0.2, 0) is 116 Å². The van der Waals surface area contributed by atoms with Gasteiger partial charge in [-0.05, 0) is 210 Å². The number of nitrogens with one attached hydrogen (secondary N) is 15. The number of rotatable bonds is 57. The first kappa shape index (κ1) is 124. The van der Waals surface area contributed by atoms with Crippen LogP contribution in [0.2, 0.25) is 0 Å². The number of alkyl halides is 2. The average Bonchev–Trinajstić information content (AvgIpc) is 1.67. The summed E-state index contributed by atoms with van der Waals surface area (Å²) in [5.74, 6) is -7.50. The Morgan fingerprint density at radius 2 is 0.593 bits per heavy atom. The van der Waals surface area contributed by atoms with Crippen LogP contribution >= 0.6 is 38.5 Å². The first-order valence-electron chi connectivity index (χ1n) is 46.8. The number of carbonyl (C=O) groups is 20. The summed E-state index contributed by atoms with van der Waals surface area (Å²) < 4.78 is 16.3. The van der Waals surface area contributed by atoms with Crippen molar-refractivity contribution in [3.63, 3.8) is 0 Å². The van der Waals surface area contributed by atoms with Crippen LogP contribution in [0.15, 0.2) is 84.9 Å². The van der Waals surface area contributed by atoms with E-state index in [9.17, 15) is 95.9 Å². The molecule has 4 rings (SSSR count). The van der Waals surface area contributed by atoms with Gasteiger partial charge >= 0.3 is 36.0 Å². The third kappa shape index (κ3) is 53.7. The molecule has 1 heterocycles. The fraction of sp³-hybridized carbons (Fsp3) is 0.583. The summed E-state index contributed by atoms with van der Waals surface area (Å²) in [6.45, 7) is 28.4. The van der Waals surface area contributed by atoms with Gasteiger partial charge in [-0.1, -0.05) is 129 Å². The number of primary amides is 3. The lowest BCUT2D eigenvalue weighted by atomic mass is 9.97. The summed E-state index contributed by atoms with van der Waals surface area (Å²) in [4.78, 5) is 246. The van der Waals surface area contributed by atoms with E-state index in [1.807, 2.05) is 22.6 Å². The number of imide groups is 1. The number of hydrogen-bond acceptors (Lipinski definition) is 23. The number of hydrogen-bond donors (Lipinski definition) is 18. The van der Waals surface area contributed by atoms with Crippen molar-refractivity contribution in [3.05, 3.63) is 102 Å². The Morgan fingerprint density at radius 3 is 0.850 bits per heavy atom. The van der Waals surface area contributed by atoms with Crippen LogP contribution in [0.25, 0.3) is 0 Å². The molecule has 3 aromatic carbocycles. The maximum atomic E-state index is 13.4. The molecule has 0 saturated heterocycles. The fourth-order valence-corrected chi connectivity index (χ4v) is 12.9. The predicted molar refractivity (Wildman–Crippen MR) is 538 cm³/mol. The number of ether oxygens (including phenoxy) is 3. The van der Waals surface area contributed by atoms with Crippen molar-refractivity contribution in [2.24, 2.45) is 51.2 Å². The van der Waals surface area contributed by atoms with Gasteiger partial charge in [0.05, 0.1) is 26.0 Å². The molecule has 0 aromatic heterocycles. The highest BCUT2D eigenvalue weighted by Gasteiger charge is 2.35. The normalized spacial score (nSPS) is 12.9. The van der Waals surface area contributed by atoms with E-state index in [0.717, 1.165) is 46.6 Å². The molecule has 778 valence electrons. The molecule has 21 N–H and O–H groups in total. The molecule has 1 aliphatic heterocycles. The van der Waals surface area contributed by atoms with E-state index in [0.29, 0.717) is 98.9 Å². The second-order valence-corrected chi connectivity index (χ2v) is 38.7. The molecule has 140 heavy (non-hydrogen) atoms. The second kappa shape index (κ2) is 65.5. The molecule has 0 radical (unpaired) electrons. The van der Waals surface area contributed by atoms with Gasteiger partial charge in [-0.25, -0.2) is 14.4 Å². The Bertz CT molecular complexity index is 4600. The van der Waals surface area contributed by atoms with Crippen molar-refractivity contribution in [2.45, 2.75) is 269 Å². The molecular weight excluding hydrogens is 1990 g/mol. The summed E-state index contributed by atoms with van der Waals surface area (Å²) in [7, 11) is 0. The van der Waals surface area contributed by atoms with Crippen molar-refractivity contribution in [2.75, 3.05) is 71.5 Å². The van der Waals surface area contributed by atoms with Crippen LogP contribution in [0.3, 0.4) is 0 Å². The topological polar surface area (TPSA) is 631 Å². The molecule has 20 amide bonds. The number of halogens is 2. The molecule has 6 atom stereocenters. The largest absolute Gasteiger partial charge is 0.460 e. The zero-order valence-corrected chi connectivity index (χ0v) is 86.9. The summed E-state index contributed by atoms with van der Waals surface area (Å²) in [5.41, 5.74) is 17.1. The summed E-state index contributed by atoms with van der Waals surface area (Å²) in [6.07, 6.45) is 9.19. The molecule has 44 heteroatoms. The monoisotopic (exact) mass is 2140 g/mol. The van der Waals surface area contributed by atoms with Crippen molar-refractivity contribution in [3.8, 4) is 0 Å². The maximum absolute atomic E-state index is 13.4. The third-order valence-corrected chi connectivity index (χ3v) is 21.8. The SMILES string of the molecule is CC(C)[C@H](NC(=O)CCCCCNC(=O)CBr)C(=O)N[C@@H](CCCNC(N)=O)C(=O)Nc1ccc(COC(=O)C(C)(C)C)cc1.CC(C)[C@H](NC(=O)CCCCCNC(=O)CN1C(=O)C=CC1=O)C(=O)N[C@@H](CCCNC(N)=O)C(=O)Nc1ccc(COC(=O)C(C)(C)C)cc1.CC(C)[C@H](NC(=O)CCCCNC(=O)CI)C(=O)N[C@@H](CCCNC(N)=O)C(=O)Nc1ccc(COC(=O)C(C)(C)C)cc1. The highest BCUT2D eigenvalue weighted by molar-refractivity contribution is 14.1. The lowest BCUT2D eigenvalue weighted by Gasteiger charge is -2.25. The van der Waals surface area contributed by atoms with Crippen LogP contribution < -0.4 is 97.0 Å². The molecule has 3 aromatic rings. The van der Waals surface area contributed by atoms with Gasteiger partial charge < -0.3 is 111 Å². The molecule has 42 nitrogen and oxygen atoms in total. The van der Waals surface area contributed by atoms with Crippen LogP contribution in [-0.4, -0.2) is 215 Å². The van der Waals surface area contributed by atoms with E-state index in [1.165, 1.54) is 0 Å². The van der Waals surface area contributed by atoms with Crippen LogP contribution in [0.1, 0.15) is 230 Å². The Morgan fingerprint density at radius 1 is 0.336 bits per heavy atom. The fourth-order valence-electron chi connectivity index (χ4n) is 12.5. The molecule has 0 bridgehead atoms. The summed E-state index contributed by atoms with van der Waals surface area (Å²) >= 11 is 5.06. The van der Waals surface area contributed by atoms with Crippen molar-refractivity contribution in [1.82, 2.24) is 68.7 Å². The minimum Gasteiger partial charge on any atom is -0.460 e. The molecule has 0 saturated carbocycles. The number of nitrogens with two attached hydrogens (primary N) is 3. The quantitative estimate of drug-likeness (QED) is 0.00693. The van der Waals surface area contributed by atoms with E-state index in [4.69, 9.17) is 31.4 Å². The second-order valence-electron chi connectivity index (χ2n) is 37.4. The van der Waals surface area contributed by atoms with Crippen LogP contribution in [0.4, 0.5) is 31.4 Å². The van der Waals surface area contributed by atoms with Crippen molar-refractivity contribution < 1.29 is 110 Å². The number of carbonyl (C=O) groups excluding carboxylic acids is 20. The minimum atomic E-state index is -1.01.